The van der Waals surface area contributed by atoms with Crippen molar-refractivity contribution in [2.45, 2.75) is 5.16 Å². The van der Waals surface area contributed by atoms with Gasteiger partial charge in [-0.15, -0.1) is 15.0 Å². The van der Waals surface area contributed by atoms with Crippen molar-refractivity contribution in [2.75, 3.05) is 0 Å². The minimum absolute atomic E-state index is 0.321. The second-order valence-electron chi connectivity index (χ2n) is 2.47. The Morgan fingerprint density at radius 2 is 2.21 bits per heavy atom. The second kappa shape index (κ2) is 3.89. The number of benzene rings is 1. The molecule has 2 aromatic rings. The molecule has 0 aliphatic heterocycles. The SMILES string of the molecule is SOc1cccc(-n2nnc(S)n2)c1. The summed E-state index contributed by atoms with van der Waals surface area (Å²) in [5.41, 5.74) is 0.740. The lowest BCUT2D eigenvalue weighted by Gasteiger charge is -2.00. The normalized spacial score (nSPS) is 10.1. The summed E-state index contributed by atoms with van der Waals surface area (Å²) in [6.45, 7) is 0. The predicted molar refractivity (Wildman–Crippen MR) is 56.0 cm³/mol. The lowest BCUT2D eigenvalue weighted by molar-refractivity contribution is 0.651. The molecule has 0 saturated heterocycles. The third-order valence-electron chi connectivity index (χ3n) is 1.56. The van der Waals surface area contributed by atoms with Gasteiger partial charge in [0.25, 0.3) is 0 Å². The zero-order valence-electron chi connectivity index (χ0n) is 6.90. The molecule has 7 heteroatoms. The maximum absolute atomic E-state index is 4.77. The fourth-order valence-corrected chi connectivity index (χ4v) is 1.22. The molecule has 2 rings (SSSR count). The number of hydrogen-bond donors (Lipinski definition) is 2. The van der Waals surface area contributed by atoms with Crippen molar-refractivity contribution < 1.29 is 4.18 Å². The van der Waals surface area contributed by atoms with Crippen molar-refractivity contribution in [3.8, 4) is 11.4 Å². The Balaban J connectivity index is 2.41. The Morgan fingerprint density at radius 1 is 1.36 bits per heavy atom. The standard InChI is InChI=1S/C7H6N4OS2/c13-7-8-10-11(9-7)5-2-1-3-6(4-5)12-14/h1-4,14H,(H,9,13). The third kappa shape index (κ3) is 1.83. The highest BCUT2D eigenvalue weighted by Gasteiger charge is 2.02. The van der Waals surface area contributed by atoms with E-state index in [1.165, 1.54) is 4.80 Å². The molecule has 1 aromatic carbocycles. The molecule has 5 nitrogen and oxygen atoms in total. The van der Waals surface area contributed by atoms with Crippen LogP contribution in [0.1, 0.15) is 0 Å². The molecule has 0 saturated carbocycles. The number of rotatable bonds is 2. The van der Waals surface area contributed by atoms with Crippen molar-refractivity contribution in [1.82, 2.24) is 20.2 Å². The highest BCUT2D eigenvalue weighted by Crippen LogP contribution is 2.16. The molecule has 0 aliphatic carbocycles. The zero-order valence-corrected chi connectivity index (χ0v) is 8.69. The Labute approximate surface area is 91.1 Å². The quantitative estimate of drug-likeness (QED) is 0.596. The molecule has 0 unspecified atom stereocenters. The van der Waals surface area contributed by atoms with Gasteiger partial charge in [0.15, 0.2) is 0 Å². The summed E-state index contributed by atoms with van der Waals surface area (Å²) in [6, 6.07) is 7.14. The van der Waals surface area contributed by atoms with E-state index in [-0.39, 0.29) is 0 Å². The first-order valence-electron chi connectivity index (χ1n) is 3.70. The highest BCUT2D eigenvalue weighted by molar-refractivity contribution is 7.80. The summed E-state index contributed by atoms with van der Waals surface area (Å²) in [5, 5.41) is 11.7. The van der Waals surface area contributed by atoms with Gasteiger partial charge < -0.3 is 4.18 Å². The summed E-state index contributed by atoms with van der Waals surface area (Å²) < 4.78 is 4.77. The Kier molecular flexibility index (Phi) is 2.60. The molecule has 14 heavy (non-hydrogen) atoms. The van der Waals surface area contributed by atoms with Crippen LogP contribution in [0.2, 0.25) is 0 Å². The van der Waals surface area contributed by atoms with Crippen LogP contribution in [0.4, 0.5) is 0 Å². The van der Waals surface area contributed by atoms with Crippen molar-refractivity contribution in [2.24, 2.45) is 0 Å². The van der Waals surface area contributed by atoms with E-state index in [1.54, 1.807) is 12.1 Å². The minimum Gasteiger partial charge on any atom is -0.429 e. The Bertz CT molecular complexity index is 445. The summed E-state index contributed by atoms with van der Waals surface area (Å²) in [4.78, 5) is 1.36. The first-order valence-corrected chi connectivity index (χ1v) is 4.51. The van der Waals surface area contributed by atoms with E-state index in [4.69, 9.17) is 4.18 Å². The molecule has 0 aliphatic rings. The molecular weight excluding hydrogens is 220 g/mol. The van der Waals surface area contributed by atoms with Crippen LogP contribution in [0.25, 0.3) is 5.69 Å². The maximum atomic E-state index is 4.77. The van der Waals surface area contributed by atoms with Gasteiger partial charge in [-0.05, 0) is 17.3 Å². The average molecular weight is 226 g/mol. The molecule has 0 radical (unpaired) electrons. The van der Waals surface area contributed by atoms with E-state index < -0.39 is 0 Å². The van der Waals surface area contributed by atoms with E-state index >= 15 is 0 Å². The Hall–Kier alpha value is -1.21. The van der Waals surface area contributed by atoms with Gasteiger partial charge in [-0.1, -0.05) is 18.7 Å². The molecule has 72 valence electrons. The molecule has 0 bridgehead atoms. The Morgan fingerprint density at radius 3 is 2.86 bits per heavy atom. The van der Waals surface area contributed by atoms with Gasteiger partial charge in [0.05, 0.1) is 5.69 Å². The molecule has 1 aromatic heterocycles. The van der Waals surface area contributed by atoms with Crippen molar-refractivity contribution in [3.63, 3.8) is 0 Å². The van der Waals surface area contributed by atoms with E-state index in [0.29, 0.717) is 10.9 Å². The fraction of sp³-hybridized carbons (Fsp3) is 0. The van der Waals surface area contributed by atoms with Gasteiger partial charge in [0.1, 0.15) is 5.75 Å². The van der Waals surface area contributed by atoms with Crippen LogP contribution in [-0.4, -0.2) is 20.2 Å². The predicted octanol–water partition coefficient (Wildman–Crippen LogP) is 1.17. The topological polar surface area (TPSA) is 52.8 Å². The fourth-order valence-electron chi connectivity index (χ4n) is 0.981. The zero-order chi connectivity index (χ0) is 9.97. The maximum Gasteiger partial charge on any atom is 0.228 e. The summed E-state index contributed by atoms with van der Waals surface area (Å²) in [5.74, 6) is 0.615. The van der Waals surface area contributed by atoms with Gasteiger partial charge >= 0.3 is 0 Å². The van der Waals surface area contributed by atoms with Crippen LogP contribution >= 0.6 is 25.5 Å². The first kappa shape index (κ1) is 9.35. The van der Waals surface area contributed by atoms with Crippen molar-refractivity contribution >= 4 is 25.5 Å². The lowest BCUT2D eigenvalue weighted by Crippen LogP contribution is -1.98. The van der Waals surface area contributed by atoms with E-state index in [9.17, 15) is 0 Å². The summed E-state index contributed by atoms with van der Waals surface area (Å²) in [6.07, 6.45) is 0. The van der Waals surface area contributed by atoms with Crippen LogP contribution in [0.15, 0.2) is 29.4 Å². The van der Waals surface area contributed by atoms with E-state index in [1.807, 2.05) is 12.1 Å². The molecule has 0 spiro atoms. The third-order valence-corrected chi connectivity index (χ3v) is 1.95. The number of hydrogen-bond acceptors (Lipinski definition) is 6. The lowest BCUT2D eigenvalue weighted by atomic mass is 10.3. The molecule has 0 fully saturated rings. The number of thiol groups is 2. The van der Waals surface area contributed by atoms with Crippen LogP contribution in [0.5, 0.6) is 5.75 Å². The second-order valence-corrected chi connectivity index (χ2v) is 3.05. The molecule has 0 amide bonds. The molecule has 0 atom stereocenters. The molecule has 0 N–H and O–H groups in total. The molecule has 1 heterocycles. The van der Waals surface area contributed by atoms with E-state index in [2.05, 4.69) is 40.9 Å². The monoisotopic (exact) mass is 226 g/mol. The van der Waals surface area contributed by atoms with Crippen molar-refractivity contribution in [3.05, 3.63) is 24.3 Å². The first-order chi connectivity index (χ1) is 6.79. The van der Waals surface area contributed by atoms with Crippen LogP contribution in [-0.2, 0) is 0 Å². The van der Waals surface area contributed by atoms with Crippen LogP contribution in [0.3, 0.4) is 0 Å². The smallest absolute Gasteiger partial charge is 0.228 e. The van der Waals surface area contributed by atoms with Gasteiger partial charge in [-0.3, -0.25) is 0 Å². The largest absolute Gasteiger partial charge is 0.429 e. The van der Waals surface area contributed by atoms with Crippen LogP contribution < -0.4 is 4.18 Å². The number of nitrogens with zero attached hydrogens (tertiary/aromatic N) is 4. The number of tetrazole rings is 1. The van der Waals surface area contributed by atoms with Gasteiger partial charge in [0.2, 0.25) is 5.16 Å². The minimum atomic E-state index is 0.321. The molecular formula is C7H6N4OS2. The highest BCUT2D eigenvalue weighted by atomic mass is 32.1. The van der Waals surface area contributed by atoms with E-state index in [0.717, 1.165) is 5.69 Å². The number of aromatic nitrogens is 4. The van der Waals surface area contributed by atoms with Crippen molar-refractivity contribution in [1.29, 1.82) is 0 Å². The van der Waals surface area contributed by atoms with Crippen LogP contribution in [0, 0.1) is 0 Å². The summed E-state index contributed by atoms with van der Waals surface area (Å²) in [7, 11) is 0. The van der Waals surface area contributed by atoms with Gasteiger partial charge in [0, 0.05) is 19.0 Å². The van der Waals surface area contributed by atoms with Gasteiger partial charge in [-0.2, -0.15) is 0 Å². The van der Waals surface area contributed by atoms with Gasteiger partial charge in [-0.25, -0.2) is 0 Å². The average Bonchev–Trinajstić information content (AvgIpc) is 2.65. The summed E-state index contributed by atoms with van der Waals surface area (Å²) >= 11 is 7.65.